The number of nitrogens with zero attached hydrogens (tertiary/aromatic N) is 2. The van der Waals surface area contributed by atoms with E-state index in [2.05, 4.69) is 9.97 Å². The van der Waals surface area contributed by atoms with Crippen LogP contribution in [0.4, 0.5) is 0 Å². The zero-order valence-corrected chi connectivity index (χ0v) is 10.3. The molecule has 5 heteroatoms. The van der Waals surface area contributed by atoms with Gasteiger partial charge in [-0.05, 0) is 30.5 Å². The number of amides is 1. The molecule has 3 N–H and O–H groups in total. The van der Waals surface area contributed by atoms with Gasteiger partial charge in [0.2, 0.25) is 5.91 Å². The maximum absolute atomic E-state index is 12.0. The van der Waals surface area contributed by atoms with Crippen LogP contribution in [0.2, 0.25) is 0 Å². The molecule has 1 amide bonds. The third kappa shape index (κ3) is 1.86. The van der Waals surface area contributed by atoms with Crippen LogP contribution in [0.5, 0.6) is 0 Å². The first-order valence-electron chi connectivity index (χ1n) is 6.05. The van der Waals surface area contributed by atoms with E-state index < -0.39 is 5.54 Å². The predicted octanol–water partition coefficient (Wildman–Crippen LogP) is 1.01. The fourth-order valence-corrected chi connectivity index (χ4v) is 2.16. The quantitative estimate of drug-likeness (QED) is 0.846. The summed E-state index contributed by atoms with van der Waals surface area (Å²) in [6.45, 7) is 0.576. The summed E-state index contributed by atoms with van der Waals surface area (Å²) < 4.78 is 0. The monoisotopic (exact) mass is 244 g/mol. The smallest absolute Gasteiger partial charge is 0.242 e. The number of likely N-dealkylation sites (N-methyl/N-ethyl adjacent to an activating group) is 1. The normalized spacial score (nSPS) is 16.8. The minimum atomic E-state index is -0.590. The van der Waals surface area contributed by atoms with Crippen LogP contribution < -0.4 is 5.73 Å². The first-order valence-corrected chi connectivity index (χ1v) is 6.05. The lowest BCUT2D eigenvalue weighted by molar-refractivity contribution is -0.132. The number of hydrogen-bond acceptors (Lipinski definition) is 3. The highest BCUT2D eigenvalue weighted by atomic mass is 16.2. The molecular weight excluding hydrogens is 228 g/mol. The predicted molar refractivity (Wildman–Crippen MR) is 68.7 cm³/mol. The van der Waals surface area contributed by atoms with Gasteiger partial charge in [-0.1, -0.05) is 6.07 Å². The van der Waals surface area contributed by atoms with E-state index in [0.29, 0.717) is 6.54 Å². The fourth-order valence-electron chi connectivity index (χ4n) is 2.16. The van der Waals surface area contributed by atoms with Gasteiger partial charge in [0.15, 0.2) is 0 Å². The molecule has 1 aromatic carbocycles. The van der Waals surface area contributed by atoms with Gasteiger partial charge in [-0.15, -0.1) is 0 Å². The molecule has 1 saturated carbocycles. The van der Waals surface area contributed by atoms with Crippen LogP contribution in [0, 0.1) is 0 Å². The lowest BCUT2D eigenvalue weighted by Gasteiger charge is -2.20. The highest BCUT2D eigenvalue weighted by Crippen LogP contribution is 2.34. The van der Waals surface area contributed by atoms with Crippen molar-refractivity contribution in [2.75, 3.05) is 7.05 Å². The maximum Gasteiger partial charge on any atom is 0.242 e. The van der Waals surface area contributed by atoms with Crippen molar-refractivity contribution in [2.24, 2.45) is 5.73 Å². The standard InChI is InChI=1S/C13H16N4O/c1-17(12(18)13(14)4-5-13)7-9-2-3-10-11(6-9)16-8-15-10/h2-3,6,8H,4-5,7,14H2,1H3,(H,15,16). The second-order valence-electron chi connectivity index (χ2n) is 5.07. The van der Waals surface area contributed by atoms with Crippen molar-refractivity contribution in [3.05, 3.63) is 30.1 Å². The summed E-state index contributed by atoms with van der Waals surface area (Å²) in [5, 5.41) is 0. The Morgan fingerprint density at radius 3 is 3.06 bits per heavy atom. The summed E-state index contributed by atoms with van der Waals surface area (Å²) in [7, 11) is 1.80. The summed E-state index contributed by atoms with van der Waals surface area (Å²) in [6, 6.07) is 5.96. The Morgan fingerprint density at radius 2 is 2.33 bits per heavy atom. The SMILES string of the molecule is CN(Cc1ccc2nc[nH]c2c1)C(=O)C1(N)CC1. The first kappa shape index (κ1) is 11.2. The number of carbonyl (C=O) groups is 1. The number of imidazole rings is 1. The van der Waals surface area contributed by atoms with E-state index in [1.807, 2.05) is 18.2 Å². The van der Waals surface area contributed by atoms with Crippen LogP contribution >= 0.6 is 0 Å². The van der Waals surface area contributed by atoms with Gasteiger partial charge in [0.05, 0.1) is 22.9 Å². The minimum absolute atomic E-state index is 0.0345. The summed E-state index contributed by atoms with van der Waals surface area (Å²) in [4.78, 5) is 21.0. The molecular formula is C13H16N4O. The Kier molecular flexibility index (Phi) is 2.38. The summed E-state index contributed by atoms with van der Waals surface area (Å²) in [5.41, 5.74) is 8.32. The Bertz CT molecular complexity index is 600. The van der Waals surface area contributed by atoms with E-state index in [1.54, 1.807) is 18.3 Å². The molecule has 94 valence electrons. The number of H-pyrrole nitrogens is 1. The van der Waals surface area contributed by atoms with E-state index in [4.69, 9.17) is 5.73 Å². The van der Waals surface area contributed by atoms with Crippen molar-refractivity contribution in [3.8, 4) is 0 Å². The summed E-state index contributed by atoms with van der Waals surface area (Å²) in [6.07, 6.45) is 3.27. The number of benzene rings is 1. The van der Waals surface area contributed by atoms with E-state index in [-0.39, 0.29) is 5.91 Å². The molecule has 0 aliphatic heterocycles. The van der Waals surface area contributed by atoms with Crippen molar-refractivity contribution >= 4 is 16.9 Å². The van der Waals surface area contributed by atoms with Crippen LogP contribution in [0.25, 0.3) is 11.0 Å². The number of hydrogen-bond donors (Lipinski definition) is 2. The van der Waals surface area contributed by atoms with Gasteiger partial charge in [0.1, 0.15) is 0 Å². The zero-order valence-electron chi connectivity index (χ0n) is 10.3. The van der Waals surface area contributed by atoms with Gasteiger partial charge in [-0.25, -0.2) is 4.98 Å². The molecule has 1 aliphatic carbocycles. The largest absolute Gasteiger partial charge is 0.345 e. The topological polar surface area (TPSA) is 75.0 Å². The van der Waals surface area contributed by atoms with Gasteiger partial charge in [0, 0.05) is 13.6 Å². The molecule has 2 aromatic rings. The number of aromatic amines is 1. The highest BCUT2D eigenvalue weighted by Gasteiger charge is 2.47. The fraction of sp³-hybridized carbons (Fsp3) is 0.385. The lowest BCUT2D eigenvalue weighted by Crippen LogP contribution is -2.43. The Hall–Kier alpha value is -1.88. The maximum atomic E-state index is 12.0. The molecule has 0 bridgehead atoms. The zero-order chi connectivity index (χ0) is 12.8. The van der Waals surface area contributed by atoms with E-state index >= 15 is 0 Å². The number of aromatic nitrogens is 2. The van der Waals surface area contributed by atoms with Crippen molar-refractivity contribution in [2.45, 2.75) is 24.9 Å². The van der Waals surface area contributed by atoms with Crippen molar-refractivity contribution in [1.29, 1.82) is 0 Å². The van der Waals surface area contributed by atoms with Crippen molar-refractivity contribution in [3.63, 3.8) is 0 Å². The van der Waals surface area contributed by atoms with Crippen LogP contribution in [0.1, 0.15) is 18.4 Å². The van der Waals surface area contributed by atoms with E-state index in [1.165, 1.54) is 0 Å². The number of rotatable bonds is 3. The third-order valence-electron chi connectivity index (χ3n) is 3.47. The highest BCUT2D eigenvalue weighted by molar-refractivity contribution is 5.89. The van der Waals surface area contributed by atoms with Crippen LogP contribution in [0.15, 0.2) is 24.5 Å². The van der Waals surface area contributed by atoms with Crippen molar-refractivity contribution in [1.82, 2.24) is 14.9 Å². The third-order valence-corrected chi connectivity index (χ3v) is 3.47. The van der Waals surface area contributed by atoms with Gasteiger partial charge in [0.25, 0.3) is 0 Å². The number of carbonyl (C=O) groups excluding carboxylic acids is 1. The molecule has 1 heterocycles. The molecule has 1 aliphatic rings. The Morgan fingerprint density at radius 1 is 1.56 bits per heavy atom. The lowest BCUT2D eigenvalue weighted by atomic mass is 10.1. The van der Waals surface area contributed by atoms with Crippen molar-refractivity contribution < 1.29 is 4.79 Å². The van der Waals surface area contributed by atoms with E-state index in [0.717, 1.165) is 29.4 Å². The minimum Gasteiger partial charge on any atom is -0.345 e. The molecule has 1 aromatic heterocycles. The van der Waals surface area contributed by atoms with Gasteiger partial charge in [-0.3, -0.25) is 4.79 Å². The molecule has 3 rings (SSSR count). The van der Waals surface area contributed by atoms with Crippen LogP contribution in [-0.2, 0) is 11.3 Å². The first-order chi connectivity index (χ1) is 8.58. The Balaban J connectivity index is 1.77. The molecule has 18 heavy (non-hydrogen) atoms. The molecule has 0 spiro atoms. The summed E-state index contributed by atoms with van der Waals surface area (Å²) in [5.74, 6) is 0.0345. The molecule has 0 saturated heterocycles. The molecule has 0 atom stereocenters. The van der Waals surface area contributed by atoms with Crippen LogP contribution in [-0.4, -0.2) is 33.4 Å². The molecule has 5 nitrogen and oxygen atoms in total. The second kappa shape index (κ2) is 3.81. The molecule has 0 unspecified atom stereocenters. The number of fused-ring (bicyclic) bond motifs is 1. The average molecular weight is 244 g/mol. The summed E-state index contributed by atoms with van der Waals surface area (Å²) >= 11 is 0. The molecule has 1 fully saturated rings. The van der Waals surface area contributed by atoms with Gasteiger partial charge < -0.3 is 15.6 Å². The second-order valence-corrected chi connectivity index (χ2v) is 5.07. The molecule has 0 radical (unpaired) electrons. The van der Waals surface area contributed by atoms with Gasteiger partial charge >= 0.3 is 0 Å². The number of nitrogens with one attached hydrogen (secondary N) is 1. The van der Waals surface area contributed by atoms with Crippen LogP contribution in [0.3, 0.4) is 0 Å². The van der Waals surface area contributed by atoms with Gasteiger partial charge in [-0.2, -0.15) is 0 Å². The van der Waals surface area contributed by atoms with E-state index in [9.17, 15) is 4.79 Å². The Labute approximate surface area is 105 Å². The average Bonchev–Trinajstić information content (AvgIpc) is 2.93. The number of nitrogens with two attached hydrogens (primary N) is 1.